The highest BCUT2D eigenvalue weighted by atomic mass is 16.2. The van der Waals surface area contributed by atoms with Crippen LogP contribution in [0, 0.1) is 0 Å². The van der Waals surface area contributed by atoms with Crippen LogP contribution in [0.5, 0.6) is 0 Å². The van der Waals surface area contributed by atoms with E-state index in [0.717, 1.165) is 31.7 Å². The zero-order chi connectivity index (χ0) is 16.6. The van der Waals surface area contributed by atoms with Gasteiger partial charge in [-0.25, -0.2) is 0 Å². The molecule has 2 fully saturated rings. The topological polar surface area (TPSA) is 35.6 Å². The van der Waals surface area contributed by atoms with Crippen molar-refractivity contribution in [3.63, 3.8) is 0 Å². The molecule has 3 aliphatic rings. The minimum absolute atomic E-state index is 0.217. The summed E-state index contributed by atoms with van der Waals surface area (Å²) < 4.78 is 0. The van der Waals surface area contributed by atoms with E-state index in [9.17, 15) is 4.79 Å². The monoisotopic (exact) mass is 327 g/mol. The lowest BCUT2D eigenvalue weighted by Gasteiger charge is -2.50. The smallest absolute Gasteiger partial charge is 0.241 e. The SMILES string of the molecule is CC1Cc2ccccc2N1C(=O)CN1CCNCC12CCCCC2. The molecule has 130 valence electrons. The van der Waals surface area contributed by atoms with Crippen LogP contribution in [-0.2, 0) is 11.2 Å². The van der Waals surface area contributed by atoms with Crippen LogP contribution in [-0.4, -0.2) is 48.6 Å². The molecule has 0 aromatic heterocycles. The van der Waals surface area contributed by atoms with Crippen molar-refractivity contribution in [2.75, 3.05) is 31.1 Å². The normalized spacial score (nSPS) is 26.5. The Balaban J connectivity index is 1.53. The molecule has 4 nitrogen and oxygen atoms in total. The van der Waals surface area contributed by atoms with Crippen LogP contribution in [0.15, 0.2) is 24.3 Å². The molecule has 0 bridgehead atoms. The number of carbonyl (C=O) groups excluding carboxylic acids is 1. The fourth-order valence-corrected chi connectivity index (χ4v) is 5.02. The number of nitrogens with one attached hydrogen (secondary N) is 1. The minimum atomic E-state index is 0.217. The summed E-state index contributed by atoms with van der Waals surface area (Å²) >= 11 is 0. The van der Waals surface area contributed by atoms with Gasteiger partial charge in [-0.2, -0.15) is 0 Å². The van der Waals surface area contributed by atoms with Gasteiger partial charge in [0.2, 0.25) is 5.91 Å². The Hall–Kier alpha value is -1.39. The van der Waals surface area contributed by atoms with E-state index < -0.39 is 0 Å². The molecule has 1 amide bonds. The van der Waals surface area contributed by atoms with Crippen LogP contribution >= 0.6 is 0 Å². The van der Waals surface area contributed by atoms with E-state index in [1.54, 1.807) is 0 Å². The second kappa shape index (κ2) is 6.49. The number of nitrogens with zero attached hydrogens (tertiary/aromatic N) is 2. The highest BCUT2D eigenvalue weighted by Gasteiger charge is 2.41. The molecule has 1 aliphatic carbocycles. The van der Waals surface area contributed by atoms with E-state index in [0.29, 0.717) is 6.54 Å². The summed E-state index contributed by atoms with van der Waals surface area (Å²) in [6.45, 7) is 5.79. The summed E-state index contributed by atoms with van der Waals surface area (Å²) in [4.78, 5) is 17.7. The first-order chi connectivity index (χ1) is 11.7. The summed E-state index contributed by atoms with van der Waals surface area (Å²) in [7, 11) is 0. The van der Waals surface area contributed by atoms with Gasteiger partial charge in [0.25, 0.3) is 0 Å². The fraction of sp³-hybridized carbons (Fsp3) is 0.650. The number of amides is 1. The second-order valence-electron chi connectivity index (χ2n) is 7.83. The van der Waals surface area contributed by atoms with Crippen LogP contribution in [0.1, 0.15) is 44.6 Å². The van der Waals surface area contributed by atoms with Gasteiger partial charge in [0.15, 0.2) is 0 Å². The number of benzene rings is 1. The first-order valence-corrected chi connectivity index (χ1v) is 9.55. The number of hydrogen-bond acceptors (Lipinski definition) is 3. The number of fused-ring (bicyclic) bond motifs is 1. The van der Waals surface area contributed by atoms with Crippen LogP contribution < -0.4 is 10.2 Å². The van der Waals surface area contributed by atoms with Crippen LogP contribution in [0.4, 0.5) is 5.69 Å². The third kappa shape index (κ3) is 2.76. The molecule has 2 aliphatic heterocycles. The van der Waals surface area contributed by atoms with Crippen molar-refractivity contribution < 1.29 is 4.79 Å². The van der Waals surface area contributed by atoms with Gasteiger partial charge in [0, 0.05) is 36.9 Å². The molecule has 1 atom stereocenters. The van der Waals surface area contributed by atoms with E-state index in [1.807, 2.05) is 11.0 Å². The van der Waals surface area contributed by atoms with Gasteiger partial charge in [-0.1, -0.05) is 37.5 Å². The quantitative estimate of drug-likeness (QED) is 0.907. The molecule has 1 unspecified atom stereocenters. The van der Waals surface area contributed by atoms with Crippen molar-refractivity contribution in [2.45, 2.75) is 57.0 Å². The van der Waals surface area contributed by atoms with Crippen molar-refractivity contribution in [1.82, 2.24) is 10.2 Å². The summed E-state index contributed by atoms with van der Waals surface area (Å²) in [5.41, 5.74) is 2.66. The number of hydrogen-bond donors (Lipinski definition) is 1. The molecule has 1 spiro atoms. The highest BCUT2D eigenvalue weighted by molar-refractivity contribution is 5.97. The lowest BCUT2D eigenvalue weighted by Crippen LogP contribution is -2.63. The fourth-order valence-electron chi connectivity index (χ4n) is 5.02. The Morgan fingerprint density at radius 1 is 1.25 bits per heavy atom. The van der Waals surface area contributed by atoms with Crippen LogP contribution in [0.3, 0.4) is 0 Å². The van der Waals surface area contributed by atoms with E-state index in [1.165, 1.54) is 37.7 Å². The first-order valence-electron chi connectivity index (χ1n) is 9.55. The Bertz CT molecular complexity index is 600. The van der Waals surface area contributed by atoms with Crippen molar-refractivity contribution >= 4 is 11.6 Å². The molecule has 4 rings (SSSR count). The van der Waals surface area contributed by atoms with Gasteiger partial charge in [-0.05, 0) is 37.8 Å². The van der Waals surface area contributed by atoms with Gasteiger partial charge in [0.05, 0.1) is 6.54 Å². The predicted molar refractivity (Wildman–Crippen MR) is 97.4 cm³/mol. The predicted octanol–water partition coefficient (Wildman–Crippen LogP) is 2.57. The Labute approximate surface area is 145 Å². The first kappa shape index (κ1) is 16.1. The van der Waals surface area contributed by atoms with Gasteiger partial charge < -0.3 is 10.2 Å². The lowest BCUT2D eigenvalue weighted by molar-refractivity contribution is -0.122. The molecule has 24 heavy (non-hydrogen) atoms. The lowest BCUT2D eigenvalue weighted by atomic mass is 9.79. The molecule has 1 aromatic rings. The van der Waals surface area contributed by atoms with Gasteiger partial charge in [0.1, 0.15) is 0 Å². The number of piperazine rings is 1. The van der Waals surface area contributed by atoms with Crippen molar-refractivity contribution in [3.05, 3.63) is 29.8 Å². The second-order valence-corrected chi connectivity index (χ2v) is 7.83. The average Bonchev–Trinajstić information content (AvgIpc) is 2.93. The average molecular weight is 327 g/mol. The summed E-state index contributed by atoms with van der Waals surface area (Å²) in [5.74, 6) is 0.277. The molecule has 1 aromatic carbocycles. The third-order valence-electron chi connectivity index (χ3n) is 6.27. The number of carbonyl (C=O) groups is 1. The maximum absolute atomic E-state index is 13.2. The van der Waals surface area contributed by atoms with E-state index in [-0.39, 0.29) is 17.5 Å². The molecule has 1 N–H and O–H groups in total. The van der Waals surface area contributed by atoms with Gasteiger partial charge in [-0.3, -0.25) is 9.69 Å². The van der Waals surface area contributed by atoms with E-state index in [4.69, 9.17) is 0 Å². The number of para-hydroxylation sites is 1. The Morgan fingerprint density at radius 3 is 2.88 bits per heavy atom. The molecule has 0 radical (unpaired) electrons. The Kier molecular flexibility index (Phi) is 4.35. The van der Waals surface area contributed by atoms with Gasteiger partial charge in [-0.15, -0.1) is 0 Å². The maximum atomic E-state index is 13.2. The number of rotatable bonds is 2. The van der Waals surface area contributed by atoms with Crippen molar-refractivity contribution in [2.24, 2.45) is 0 Å². The summed E-state index contributed by atoms with van der Waals surface area (Å²) in [5, 5.41) is 3.58. The maximum Gasteiger partial charge on any atom is 0.241 e. The van der Waals surface area contributed by atoms with Crippen LogP contribution in [0.2, 0.25) is 0 Å². The standard InChI is InChI=1S/C20H29N3O/c1-16-13-17-7-3-4-8-18(17)23(16)19(24)14-22-12-11-21-15-20(22)9-5-2-6-10-20/h3-4,7-8,16,21H,2,5-6,9-15H2,1H3. The summed E-state index contributed by atoms with van der Waals surface area (Å²) in [6.07, 6.45) is 7.40. The third-order valence-corrected chi connectivity index (χ3v) is 6.27. The molecule has 4 heteroatoms. The minimum Gasteiger partial charge on any atom is -0.314 e. The van der Waals surface area contributed by atoms with Crippen molar-refractivity contribution in [3.8, 4) is 0 Å². The highest BCUT2D eigenvalue weighted by Crippen LogP contribution is 2.36. The van der Waals surface area contributed by atoms with E-state index >= 15 is 0 Å². The molecule has 1 saturated heterocycles. The molecular formula is C20H29N3O. The largest absolute Gasteiger partial charge is 0.314 e. The zero-order valence-corrected chi connectivity index (χ0v) is 14.8. The molecule has 1 saturated carbocycles. The van der Waals surface area contributed by atoms with Crippen molar-refractivity contribution in [1.29, 1.82) is 0 Å². The molecular weight excluding hydrogens is 298 g/mol. The van der Waals surface area contributed by atoms with Gasteiger partial charge >= 0.3 is 0 Å². The Morgan fingerprint density at radius 2 is 2.04 bits per heavy atom. The zero-order valence-electron chi connectivity index (χ0n) is 14.8. The summed E-state index contributed by atoms with van der Waals surface area (Å²) in [6, 6.07) is 8.66. The number of anilines is 1. The van der Waals surface area contributed by atoms with E-state index in [2.05, 4.69) is 35.3 Å². The molecule has 2 heterocycles. The van der Waals surface area contributed by atoms with Crippen LogP contribution in [0.25, 0.3) is 0 Å².